The Hall–Kier alpha value is -2.07. The van der Waals surface area contributed by atoms with Gasteiger partial charge in [0.2, 0.25) is 0 Å². The molecule has 0 saturated carbocycles. The second kappa shape index (κ2) is 6.79. The van der Waals surface area contributed by atoms with Gasteiger partial charge in [0.1, 0.15) is 0 Å². The predicted molar refractivity (Wildman–Crippen MR) is 93.1 cm³/mol. The van der Waals surface area contributed by atoms with E-state index < -0.39 is 0 Å². The molecular formula is C18H24N4. The molecule has 4 nitrogen and oxygen atoms in total. The summed E-state index contributed by atoms with van der Waals surface area (Å²) >= 11 is 0. The summed E-state index contributed by atoms with van der Waals surface area (Å²) in [6.45, 7) is 3.39. The minimum atomic E-state index is 0.754. The molecule has 116 valence electrons. The number of hydrogen-bond acceptors (Lipinski definition) is 3. The molecule has 1 aromatic heterocycles. The third-order valence-corrected chi connectivity index (χ3v) is 4.59. The molecule has 1 aliphatic rings. The van der Waals surface area contributed by atoms with Gasteiger partial charge in [0, 0.05) is 41.6 Å². The largest absolute Gasteiger partial charge is 0.404 e. The zero-order chi connectivity index (χ0) is 15.4. The number of benzene rings is 1. The molecule has 1 saturated heterocycles. The van der Waals surface area contributed by atoms with Gasteiger partial charge in [0.25, 0.3) is 0 Å². The number of allylic oxidation sites excluding steroid dienone is 1. The Morgan fingerprint density at radius 2 is 2.23 bits per heavy atom. The first-order valence-electron chi connectivity index (χ1n) is 8.04. The van der Waals surface area contributed by atoms with E-state index >= 15 is 0 Å². The van der Waals surface area contributed by atoms with Crippen molar-refractivity contribution in [3.63, 3.8) is 0 Å². The molecule has 1 unspecified atom stereocenters. The molecule has 22 heavy (non-hydrogen) atoms. The Morgan fingerprint density at radius 3 is 3.05 bits per heavy atom. The van der Waals surface area contributed by atoms with Gasteiger partial charge in [0.05, 0.1) is 0 Å². The molecule has 0 aliphatic carbocycles. The van der Waals surface area contributed by atoms with Gasteiger partial charge in [-0.3, -0.25) is 0 Å². The van der Waals surface area contributed by atoms with Crippen molar-refractivity contribution in [3.8, 4) is 0 Å². The fourth-order valence-corrected chi connectivity index (χ4v) is 3.32. The van der Waals surface area contributed by atoms with Gasteiger partial charge in [-0.05, 0) is 62.0 Å². The third kappa shape index (κ3) is 3.07. The Bertz CT molecular complexity index is 675. The van der Waals surface area contributed by atoms with Crippen LogP contribution in [0.15, 0.2) is 36.7 Å². The number of hydrogen-bond donors (Lipinski definition) is 3. The molecular weight excluding hydrogens is 272 g/mol. The lowest BCUT2D eigenvalue weighted by molar-refractivity contribution is 0.410. The van der Waals surface area contributed by atoms with Crippen molar-refractivity contribution < 1.29 is 0 Å². The molecule has 1 aliphatic heterocycles. The number of fused-ring (bicyclic) bond motifs is 1. The minimum absolute atomic E-state index is 0.754. The van der Waals surface area contributed by atoms with Crippen molar-refractivity contribution in [2.24, 2.45) is 11.7 Å². The van der Waals surface area contributed by atoms with Crippen LogP contribution in [0.2, 0.25) is 0 Å². The third-order valence-electron chi connectivity index (χ3n) is 4.59. The first-order chi connectivity index (χ1) is 10.8. The highest BCUT2D eigenvalue weighted by atomic mass is 15.0. The smallest absolute Gasteiger partial charge is 0.0480 e. The van der Waals surface area contributed by atoms with Gasteiger partial charge >= 0.3 is 0 Å². The Kier molecular flexibility index (Phi) is 4.59. The topological polar surface area (TPSA) is 66.8 Å². The van der Waals surface area contributed by atoms with Crippen LogP contribution >= 0.6 is 0 Å². The highest BCUT2D eigenvalue weighted by Gasteiger charge is 2.13. The lowest BCUT2D eigenvalue weighted by atomic mass is 10.0. The van der Waals surface area contributed by atoms with Crippen LogP contribution in [0.1, 0.15) is 24.8 Å². The summed E-state index contributed by atoms with van der Waals surface area (Å²) in [6.07, 6.45) is 8.81. The number of nitrogens with zero attached hydrogens (tertiary/aromatic N) is 1. The summed E-state index contributed by atoms with van der Waals surface area (Å²) in [5, 5.41) is 12.1. The standard InChI is InChI=1S/C18H24N4/c19-11-17(12-20)15-3-4-18-16(10-15)6-9-22(18)13-14-2-1-7-21-8-5-14/h3-4,6,9-12,14,19,21H,1-2,5,7-8,13,20H2/b17-12+,19-11?. The summed E-state index contributed by atoms with van der Waals surface area (Å²) in [5.74, 6) is 0.756. The molecule has 0 amide bonds. The summed E-state index contributed by atoms with van der Waals surface area (Å²) < 4.78 is 2.37. The van der Waals surface area contributed by atoms with E-state index in [1.807, 2.05) is 0 Å². The monoisotopic (exact) mass is 296 g/mol. The zero-order valence-electron chi connectivity index (χ0n) is 12.9. The maximum atomic E-state index is 7.42. The van der Waals surface area contributed by atoms with Crippen LogP contribution in [-0.2, 0) is 6.54 Å². The molecule has 1 fully saturated rings. The number of nitrogens with one attached hydrogen (secondary N) is 2. The van der Waals surface area contributed by atoms with E-state index in [2.05, 4.69) is 40.3 Å². The van der Waals surface area contributed by atoms with Gasteiger partial charge in [-0.1, -0.05) is 6.07 Å². The lowest BCUT2D eigenvalue weighted by Gasteiger charge is -2.15. The SMILES string of the molecule is N=C/C(=C\N)c1ccc2c(ccn2CC2CCCNCC2)c1. The van der Waals surface area contributed by atoms with Crippen LogP contribution in [0, 0.1) is 11.3 Å². The average Bonchev–Trinajstić information content (AvgIpc) is 2.76. The van der Waals surface area contributed by atoms with Crippen LogP contribution in [-0.4, -0.2) is 23.9 Å². The first-order valence-corrected chi connectivity index (χ1v) is 8.04. The van der Waals surface area contributed by atoms with E-state index in [-0.39, 0.29) is 0 Å². The van der Waals surface area contributed by atoms with Crippen molar-refractivity contribution in [1.29, 1.82) is 5.41 Å². The van der Waals surface area contributed by atoms with Crippen LogP contribution in [0.5, 0.6) is 0 Å². The summed E-state index contributed by atoms with van der Waals surface area (Å²) in [5.41, 5.74) is 8.60. The maximum absolute atomic E-state index is 7.42. The second-order valence-electron chi connectivity index (χ2n) is 6.05. The molecule has 2 heterocycles. The van der Waals surface area contributed by atoms with Gasteiger partial charge in [-0.15, -0.1) is 0 Å². The van der Waals surface area contributed by atoms with Gasteiger partial charge in [-0.2, -0.15) is 0 Å². The predicted octanol–water partition coefficient (Wildman–Crippen LogP) is 2.98. The Labute approximate surface area is 131 Å². The average molecular weight is 296 g/mol. The second-order valence-corrected chi connectivity index (χ2v) is 6.05. The molecule has 4 N–H and O–H groups in total. The summed E-state index contributed by atoms with van der Waals surface area (Å²) in [7, 11) is 0. The van der Waals surface area contributed by atoms with Crippen LogP contribution < -0.4 is 11.1 Å². The molecule has 1 atom stereocenters. The fourth-order valence-electron chi connectivity index (χ4n) is 3.32. The van der Waals surface area contributed by atoms with Crippen molar-refractivity contribution in [1.82, 2.24) is 9.88 Å². The molecule has 4 heteroatoms. The molecule has 0 bridgehead atoms. The van der Waals surface area contributed by atoms with Crippen LogP contribution in [0.3, 0.4) is 0 Å². The number of nitrogens with two attached hydrogens (primary N) is 1. The molecule has 3 rings (SSSR count). The van der Waals surface area contributed by atoms with Crippen molar-refractivity contribution in [3.05, 3.63) is 42.2 Å². The van der Waals surface area contributed by atoms with E-state index in [4.69, 9.17) is 11.1 Å². The molecule has 0 spiro atoms. The van der Waals surface area contributed by atoms with E-state index in [1.165, 1.54) is 42.6 Å². The molecule has 1 aromatic carbocycles. The fraction of sp³-hybridized carbons (Fsp3) is 0.389. The van der Waals surface area contributed by atoms with Crippen LogP contribution in [0.4, 0.5) is 0 Å². The highest BCUT2D eigenvalue weighted by Crippen LogP contribution is 2.24. The maximum Gasteiger partial charge on any atom is 0.0480 e. The Morgan fingerprint density at radius 1 is 1.32 bits per heavy atom. The van der Waals surface area contributed by atoms with E-state index in [9.17, 15) is 0 Å². The van der Waals surface area contributed by atoms with E-state index in [0.29, 0.717) is 0 Å². The minimum Gasteiger partial charge on any atom is -0.404 e. The molecule has 0 radical (unpaired) electrons. The summed E-state index contributed by atoms with van der Waals surface area (Å²) in [6, 6.07) is 8.47. The summed E-state index contributed by atoms with van der Waals surface area (Å²) in [4.78, 5) is 0. The van der Waals surface area contributed by atoms with Crippen LogP contribution in [0.25, 0.3) is 16.5 Å². The molecule has 2 aromatic rings. The van der Waals surface area contributed by atoms with Crippen molar-refractivity contribution in [2.45, 2.75) is 25.8 Å². The van der Waals surface area contributed by atoms with Crippen molar-refractivity contribution >= 4 is 22.7 Å². The lowest BCUT2D eigenvalue weighted by Crippen LogP contribution is -2.15. The number of rotatable bonds is 4. The van der Waals surface area contributed by atoms with Gasteiger partial charge in [0.15, 0.2) is 0 Å². The zero-order valence-corrected chi connectivity index (χ0v) is 12.9. The highest BCUT2D eigenvalue weighted by molar-refractivity contribution is 6.09. The van der Waals surface area contributed by atoms with Crippen molar-refractivity contribution in [2.75, 3.05) is 13.1 Å². The Balaban J connectivity index is 1.84. The van der Waals surface area contributed by atoms with E-state index in [0.717, 1.165) is 36.7 Å². The first kappa shape index (κ1) is 14.9. The normalized spacial score (nSPS) is 20.0. The van der Waals surface area contributed by atoms with Gasteiger partial charge in [-0.25, -0.2) is 0 Å². The quantitative estimate of drug-likeness (QED) is 0.759. The number of aromatic nitrogens is 1. The van der Waals surface area contributed by atoms with Gasteiger partial charge < -0.3 is 21.0 Å². The van der Waals surface area contributed by atoms with E-state index in [1.54, 1.807) is 0 Å².